The molecule has 2 N–H and O–H groups in total. The lowest BCUT2D eigenvalue weighted by atomic mass is 10.1. The number of halogens is 1. The van der Waals surface area contributed by atoms with Gasteiger partial charge in [0.25, 0.3) is 0 Å². The lowest BCUT2D eigenvalue weighted by Gasteiger charge is -2.11. The second kappa shape index (κ2) is 9.64. The van der Waals surface area contributed by atoms with E-state index in [0.717, 1.165) is 30.0 Å². The van der Waals surface area contributed by atoms with Crippen LogP contribution in [-0.4, -0.2) is 17.4 Å². The van der Waals surface area contributed by atoms with Gasteiger partial charge in [-0.05, 0) is 73.1 Å². The Kier molecular flexibility index (Phi) is 7.53. The minimum Gasteiger partial charge on any atom is -0.362 e. The van der Waals surface area contributed by atoms with Gasteiger partial charge in [-0.25, -0.2) is 4.39 Å². The van der Waals surface area contributed by atoms with Crippen molar-refractivity contribution < 1.29 is 4.39 Å². The van der Waals surface area contributed by atoms with Crippen molar-refractivity contribution in [1.29, 1.82) is 0 Å². The maximum atomic E-state index is 13.5. The molecule has 0 radical (unpaired) electrons. The molecule has 0 aliphatic rings. The van der Waals surface area contributed by atoms with Crippen LogP contribution in [0.3, 0.4) is 0 Å². The smallest absolute Gasteiger partial charge is 0.170 e. The Morgan fingerprint density at radius 1 is 1.12 bits per heavy atom. The number of anilines is 1. The first kappa shape index (κ1) is 18.7. The van der Waals surface area contributed by atoms with Gasteiger partial charge in [0, 0.05) is 18.0 Å². The molecule has 0 saturated carbocycles. The van der Waals surface area contributed by atoms with Gasteiger partial charge in [-0.1, -0.05) is 24.3 Å². The van der Waals surface area contributed by atoms with Crippen LogP contribution in [0.1, 0.15) is 23.1 Å². The lowest BCUT2D eigenvalue weighted by Crippen LogP contribution is -2.29. The summed E-state index contributed by atoms with van der Waals surface area (Å²) in [6, 6.07) is 13.2. The second-order valence-corrected chi connectivity index (χ2v) is 7.27. The monoisotopic (exact) mass is 362 g/mol. The van der Waals surface area contributed by atoms with E-state index >= 15 is 0 Å². The first-order chi connectivity index (χ1) is 11.5. The van der Waals surface area contributed by atoms with E-state index in [1.165, 1.54) is 17.2 Å². The summed E-state index contributed by atoms with van der Waals surface area (Å²) in [4.78, 5) is 0. The summed E-state index contributed by atoms with van der Waals surface area (Å²) in [6.45, 7) is 4.95. The van der Waals surface area contributed by atoms with Crippen molar-refractivity contribution in [3.63, 3.8) is 0 Å². The highest BCUT2D eigenvalue weighted by molar-refractivity contribution is 7.98. The Bertz CT molecular complexity index is 669. The highest BCUT2D eigenvalue weighted by Gasteiger charge is 2.01. The van der Waals surface area contributed by atoms with E-state index in [9.17, 15) is 4.39 Å². The van der Waals surface area contributed by atoms with Gasteiger partial charge in [-0.3, -0.25) is 0 Å². The molecule has 5 heteroatoms. The quantitative estimate of drug-likeness (QED) is 0.531. The summed E-state index contributed by atoms with van der Waals surface area (Å²) in [5, 5.41) is 7.06. The largest absolute Gasteiger partial charge is 0.362 e. The van der Waals surface area contributed by atoms with Crippen molar-refractivity contribution in [1.82, 2.24) is 5.32 Å². The van der Waals surface area contributed by atoms with Gasteiger partial charge in [0.2, 0.25) is 0 Å². The van der Waals surface area contributed by atoms with E-state index in [1.54, 1.807) is 17.8 Å². The number of hydrogen-bond donors (Lipinski definition) is 2. The summed E-state index contributed by atoms with van der Waals surface area (Å²) in [7, 11) is 0. The van der Waals surface area contributed by atoms with Crippen LogP contribution in [0.2, 0.25) is 0 Å². The maximum Gasteiger partial charge on any atom is 0.170 e. The summed E-state index contributed by atoms with van der Waals surface area (Å²) < 4.78 is 13.5. The second-order valence-electron chi connectivity index (χ2n) is 5.75. The molecule has 0 aromatic heterocycles. The molecule has 0 heterocycles. The van der Waals surface area contributed by atoms with Gasteiger partial charge in [-0.15, -0.1) is 0 Å². The minimum atomic E-state index is -0.123. The number of thiocarbonyl (C=S) groups is 1. The first-order valence-electron chi connectivity index (χ1n) is 7.99. The van der Waals surface area contributed by atoms with Crippen LogP contribution in [0.25, 0.3) is 0 Å². The molecule has 0 fully saturated rings. The minimum absolute atomic E-state index is 0.123. The van der Waals surface area contributed by atoms with Crippen LogP contribution in [0, 0.1) is 19.7 Å². The molecule has 0 atom stereocenters. The molecule has 0 aliphatic heterocycles. The third kappa shape index (κ3) is 6.49. The highest BCUT2D eigenvalue weighted by atomic mass is 32.2. The van der Waals surface area contributed by atoms with Crippen molar-refractivity contribution in [2.45, 2.75) is 26.0 Å². The van der Waals surface area contributed by atoms with Gasteiger partial charge < -0.3 is 10.6 Å². The Morgan fingerprint density at radius 3 is 2.54 bits per heavy atom. The van der Waals surface area contributed by atoms with Crippen molar-refractivity contribution in [2.75, 3.05) is 17.6 Å². The summed E-state index contributed by atoms with van der Waals surface area (Å²) in [6.07, 6.45) is 0.980. The third-order valence-electron chi connectivity index (χ3n) is 3.45. The highest BCUT2D eigenvalue weighted by Crippen LogP contribution is 2.16. The fraction of sp³-hybridized carbons (Fsp3) is 0.316. The molecule has 2 nitrogen and oxygen atoms in total. The standard InChI is InChI=1S/C19H23FN2S2/c1-14-10-15(2)12-17(11-14)22-19(23)21-8-5-9-24-13-16-6-3-4-7-18(16)20/h3-4,6-7,10-12H,5,8-9,13H2,1-2H3,(H2,21,22,23). The van der Waals surface area contributed by atoms with Crippen LogP contribution in [0.5, 0.6) is 0 Å². The molecule has 0 bridgehead atoms. The average Bonchev–Trinajstić information content (AvgIpc) is 2.51. The molecule has 0 spiro atoms. The summed E-state index contributed by atoms with van der Waals surface area (Å²) >= 11 is 7.05. The number of hydrogen-bond acceptors (Lipinski definition) is 2. The zero-order chi connectivity index (χ0) is 17.4. The van der Waals surface area contributed by atoms with Crippen molar-refractivity contribution in [3.05, 3.63) is 65.0 Å². The molecule has 0 unspecified atom stereocenters. The van der Waals surface area contributed by atoms with Gasteiger partial charge in [0.15, 0.2) is 5.11 Å². The molecule has 0 amide bonds. The Hall–Kier alpha value is -1.59. The van der Waals surface area contributed by atoms with E-state index in [1.807, 2.05) is 12.1 Å². The number of aryl methyl sites for hydroxylation is 2. The molecular weight excluding hydrogens is 339 g/mol. The predicted molar refractivity (Wildman–Crippen MR) is 107 cm³/mol. The number of rotatable bonds is 7. The van der Waals surface area contributed by atoms with E-state index in [0.29, 0.717) is 10.9 Å². The average molecular weight is 363 g/mol. The van der Waals surface area contributed by atoms with Gasteiger partial charge in [0.1, 0.15) is 5.82 Å². The van der Waals surface area contributed by atoms with Gasteiger partial charge >= 0.3 is 0 Å². The van der Waals surface area contributed by atoms with E-state index in [2.05, 4.69) is 42.7 Å². The molecule has 24 heavy (non-hydrogen) atoms. The Balaban J connectivity index is 1.62. The number of nitrogens with one attached hydrogen (secondary N) is 2. The van der Waals surface area contributed by atoms with Crippen molar-refractivity contribution in [3.8, 4) is 0 Å². The van der Waals surface area contributed by atoms with E-state index in [-0.39, 0.29) is 5.82 Å². The van der Waals surface area contributed by atoms with Crippen molar-refractivity contribution >= 4 is 34.8 Å². The molecule has 0 saturated heterocycles. The van der Waals surface area contributed by atoms with Crippen LogP contribution in [0.4, 0.5) is 10.1 Å². The van der Waals surface area contributed by atoms with Gasteiger partial charge in [0.05, 0.1) is 0 Å². The molecule has 2 aromatic carbocycles. The fourth-order valence-corrected chi connectivity index (χ4v) is 3.56. The first-order valence-corrected chi connectivity index (χ1v) is 9.55. The molecule has 2 aromatic rings. The van der Waals surface area contributed by atoms with Gasteiger partial charge in [-0.2, -0.15) is 11.8 Å². The maximum absolute atomic E-state index is 13.5. The van der Waals surface area contributed by atoms with Crippen LogP contribution >= 0.6 is 24.0 Å². The number of thioether (sulfide) groups is 1. The Morgan fingerprint density at radius 2 is 1.83 bits per heavy atom. The normalized spacial score (nSPS) is 10.5. The molecule has 128 valence electrons. The third-order valence-corrected chi connectivity index (χ3v) is 4.78. The zero-order valence-electron chi connectivity index (χ0n) is 14.1. The fourth-order valence-electron chi connectivity index (χ4n) is 2.40. The molecule has 0 aliphatic carbocycles. The predicted octanol–water partition coefficient (Wildman–Crippen LogP) is 5.05. The summed E-state index contributed by atoms with van der Waals surface area (Å²) in [5.74, 6) is 1.55. The number of benzene rings is 2. The molecular formula is C19H23FN2S2. The van der Waals surface area contributed by atoms with E-state index < -0.39 is 0 Å². The van der Waals surface area contributed by atoms with Crippen LogP contribution < -0.4 is 10.6 Å². The SMILES string of the molecule is Cc1cc(C)cc(NC(=S)NCCCSCc2ccccc2F)c1. The molecule has 2 rings (SSSR count). The van der Waals surface area contributed by atoms with Crippen LogP contribution in [0.15, 0.2) is 42.5 Å². The van der Waals surface area contributed by atoms with Crippen LogP contribution in [-0.2, 0) is 5.75 Å². The topological polar surface area (TPSA) is 24.1 Å². The van der Waals surface area contributed by atoms with Crippen molar-refractivity contribution in [2.24, 2.45) is 0 Å². The Labute approximate surface area is 153 Å². The van der Waals surface area contributed by atoms with E-state index in [4.69, 9.17) is 12.2 Å². The summed E-state index contributed by atoms with van der Waals surface area (Å²) in [5.41, 5.74) is 4.20. The lowest BCUT2D eigenvalue weighted by molar-refractivity contribution is 0.617. The zero-order valence-corrected chi connectivity index (χ0v) is 15.7.